The third kappa shape index (κ3) is 3.22. The van der Waals surface area contributed by atoms with Crippen LogP contribution in [0.1, 0.15) is 23.4 Å². The van der Waals surface area contributed by atoms with Crippen LogP contribution in [0.2, 0.25) is 0 Å². The Hall–Kier alpha value is -1.33. The number of rotatable bonds is 3. The van der Waals surface area contributed by atoms with E-state index in [9.17, 15) is 4.79 Å². The largest absolute Gasteiger partial charge is 0.459 e. The average molecular weight is 277 g/mol. The lowest BCUT2D eigenvalue weighted by atomic mass is 9.95. The number of likely N-dealkylation sites (tertiary alicyclic amines) is 1. The smallest absolute Gasteiger partial charge is 0.289 e. The standard InChI is InChI=1S/C15H23N3O2/c19-15(14-2-1-11-20-14)18-7-3-13(4-8-18)12-17-9-5-16-6-10-17/h1-2,11,13,16H,3-10,12H2. The van der Waals surface area contributed by atoms with Crippen molar-refractivity contribution in [3.05, 3.63) is 24.2 Å². The SMILES string of the molecule is O=C(c1ccco1)N1CCC(CN2CCNCC2)CC1. The van der Waals surface area contributed by atoms with Gasteiger partial charge >= 0.3 is 0 Å². The number of piperazine rings is 1. The van der Waals surface area contributed by atoms with E-state index in [-0.39, 0.29) is 5.91 Å². The minimum Gasteiger partial charge on any atom is -0.459 e. The van der Waals surface area contributed by atoms with E-state index in [2.05, 4.69) is 10.2 Å². The first-order valence-corrected chi connectivity index (χ1v) is 7.59. The lowest BCUT2D eigenvalue weighted by Crippen LogP contribution is -2.47. The van der Waals surface area contributed by atoms with E-state index in [4.69, 9.17) is 4.42 Å². The van der Waals surface area contributed by atoms with Crippen molar-refractivity contribution in [1.29, 1.82) is 0 Å². The Labute approximate surface area is 119 Å². The topological polar surface area (TPSA) is 48.7 Å². The molecule has 2 fully saturated rings. The Balaban J connectivity index is 1.45. The number of hydrogen-bond donors (Lipinski definition) is 1. The molecule has 0 spiro atoms. The number of hydrogen-bond acceptors (Lipinski definition) is 4. The van der Waals surface area contributed by atoms with Crippen LogP contribution in [0.15, 0.2) is 22.8 Å². The number of furan rings is 1. The molecule has 5 nitrogen and oxygen atoms in total. The van der Waals surface area contributed by atoms with Crippen molar-refractivity contribution < 1.29 is 9.21 Å². The van der Waals surface area contributed by atoms with Gasteiger partial charge in [-0.05, 0) is 30.9 Å². The van der Waals surface area contributed by atoms with E-state index in [0.717, 1.165) is 58.0 Å². The van der Waals surface area contributed by atoms with Gasteiger partial charge in [-0.1, -0.05) is 0 Å². The highest BCUT2D eigenvalue weighted by atomic mass is 16.3. The van der Waals surface area contributed by atoms with Gasteiger partial charge in [0.1, 0.15) is 0 Å². The summed E-state index contributed by atoms with van der Waals surface area (Å²) in [6.07, 6.45) is 3.77. The summed E-state index contributed by atoms with van der Waals surface area (Å²) in [5, 5.41) is 3.38. The van der Waals surface area contributed by atoms with Crippen molar-refractivity contribution >= 4 is 5.91 Å². The average Bonchev–Trinajstić information content (AvgIpc) is 3.03. The van der Waals surface area contributed by atoms with Crippen molar-refractivity contribution in [2.45, 2.75) is 12.8 Å². The highest BCUT2D eigenvalue weighted by Gasteiger charge is 2.26. The molecular weight excluding hydrogens is 254 g/mol. The van der Waals surface area contributed by atoms with Gasteiger partial charge < -0.3 is 19.5 Å². The molecule has 0 radical (unpaired) electrons. The molecule has 2 aliphatic rings. The molecule has 0 saturated carbocycles. The van der Waals surface area contributed by atoms with Gasteiger partial charge in [0.2, 0.25) is 0 Å². The summed E-state index contributed by atoms with van der Waals surface area (Å²) in [5.74, 6) is 1.23. The molecule has 3 rings (SSSR count). The summed E-state index contributed by atoms with van der Waals surface area (Å²) in [6, 6.07) is 3.51. The summed E-state index contributed by atoms with van der Waals surface area (Å²) in [4.78, 5) is 16.6. The molecule has 0 aromatic carbocycles. The molecule has 3 heterocycles. The molecule has 2 aliphatic heterocycles. The highest BCUT2D eigenvalue weighted by molar-refractivity contribution is 5.91. The van der Waals surface area contributed by atoms with E-state index in [1.165, 1.54) is 6.54 Å². The lowest BCUT2D eigenvalue weighted by molar-refractivity contribution is 0.0632. The van der Waals surface area contributed by atoms with Crippen molar-refractivity contribution in [1.82, 2.24) is 15.1 Å². The molecule has 20 heavy (non-hydrogen) atoms. The van der Waals surface area contributed by atoms with Crippen molar-refractivity contribution in [3.8, 4) is 0 Å². The number of nitrogens with one attached hydrogen (secondary N) is 1. The maximum atomic E-state index is 12.2. The van der Waals surface area contributed by atoms with Crippen molar-refractivity contribution in [3.63, 3.8) is 0 Å². The van der Waals surface area contributed by atoms with Crippen LogP contribution >= 0.6 is 0 Å². The van der Waals surface area contributed by atoms with E-state index < -0.39 is 0 Å². The number of amides is 1. The fourth-order valence-corrected chi connectivity index (χ4v) is 3.13. The van der Waals surface area contributed by atoms with Crippen LogP contribution in [0, 0.1) is 5.92 Å². The highest BCUT2D eigenvalue weighted by Crippen LogP contribution is 2.20. The van der Waals surface area contributed by atoms with E-state index in [0.29, 0.717) is 5.76 Å². The molecule has 1 aromatic heterocycles. The number of carbonyl (C=O) groups excluding carboxylic acids is 1. The molecule has 0 atom stereocenters. The van der Waals surface area contributed by atoms with Gasteiger partial charge in [-0.25, -0.2) is 0 Å². The Morgan fingerprint density at radius 3 is 2.65 bits per heavy atom. The molecule has 0 aliphatic carbocycles. The van der Waals surface area contributed by atoms with Gasteiger partial charge in [-0.3, -0.25) is 4.79 Å². The number of nitrogens with zero attached hydrogens (tertiary/aromatic N) is 2. The first kappa shape index (κ1) is 13.6. The van der Waals surface area contributed by atoms with Crippen LogP contribution in [0.4, 0.5) is 0 Å². The fourth-order valence-electron chi connectivity index (χ4n) is 3.13. The van der Waals surface area contributed by atoms with Gasteiger partial charge in [-0.2, -0.15) is 0 Å². The van der Waals surface area contributed by atoms with Crippen molar-refractivity contribution in [2.75, 3.05) is 45.8 Å². The van der Waals surface area contributed by atoms with E-state index in [1.807, 2.05) is 4.90 Å². The van der Waals surface area contributed by atoms with Gasteiger partial charge in [0.25, 0.3) is 5.91 Å². The first-order valence-electron chi connectivity index (χ1n) is 7.59. The Bertz CT molecular complexity index is 418. The van der Waals surface area contributed by atoms with Crippen LogP contribution in [0.3, 0.4) is 0 Å². The Kier molecular flexibility index (Phi) is 4.38. The molecule has 2 saturated heterocycles. The second-order valence-electron chi connectivity index (χ2n) is 5.76. The second kappa shape index (κ2) is 6.41. The summed E-state index contributed by atoms with van der Waals surface area (Å²) in [7, 11) is 0. The van der Waals surface area contributed by atoms with Crippen molar-refractivity contribution in [2.24, 2.45) is 5.92 Å². The monoisotopic (exact) mass is 277 g/mol. The molecule has 0 unspecified atom stereocenters. The maximum Gasteiger partial charge on any atom is 0.289 e. The predicted octanol–water partition coefficient (Wildman–Crippen LogP) is 1.04. The molecule has 0 bridgehead atoms. The van der Waals surface area contributed by atoms with Crippen LogP contribution < -0.4 is 5.32 Å². The third-order valence-electron chi connectivity index (χ3n) is 4.36. The van der Waals surface area contributed by atoms with E-state index >= 15 is 0 Å². The summed E-state index contributed by atoms with van der Waals surface area (Å²) in [5.41, 5.74) is 0. The van der Waals surface area contributed by atoms with Gasteiger partial charge in [0, 0.05) is 45.8 Å². The normalized spacial score (nSPS) is 22.1. The predicted molar refractivity (Wildman–Crippen MR) is 76.6 cm³/mol. The lowest BCUT2D eigenvalue weighted by Gasteiger charge is -2.36. The zero-order valence-corrected chi connectivity index (χ0v) is 11.9. The summed E-state index contributed by atoms with van der Waals surface area (Å²) < 4.78 is 5.19. The molecular formula is C15H23N3O2. The molecule has 5 heteroatoms. The molecule has 1 aromatic rings. The number of piperidine rings is 1. The van der Waals surface area contributed by atoms with Gasteiger partial charge in [-0.15, -0.1) is 0 Å². The summed E-state index contributed by atoms with van der Waals surface area (Å²) in [6.45, 7) is 7.43. The quantitative estimate of drug-likeness (QED) is 0.897. The van der Waals surface area contributed by atoms with Crippen LogP contribution in [-0.4, -0.2) is 61.5 Å². The molecule has 1 N–H and O–H groups in total. The van der Waals surface area contributed by atoms with E-state index in [1.54, 1.807) is 18.4 Å². The summed E-state index contributed by atoms with van der Waals surface area (Å²) >= 11 is 0. The zero-order chi connectivity index (χ0) is 13.8. The minimum atomic E-state index is 0.0376. The van der Waals surface area contributed by atoms with Crippen LogP contribution in [0.25, 0.3) is 0 Å². The Morgan fingerprint density at radius 1 is 1.25 bits per heavy atom. The zero-order valence-electron chi connectivity index (χ0n) is 11.9. The van der Waals surface area contributed by atoms with Gasteiger partial charge in [0.15, 0.2) is 5.76 Å². The minimum absolute atomic E-state index is 0.0376. The maximum absolute atomic E-state index is 12.2. The van der Waals surface area contributed by atoms with Gasteiger partial charge in [0.05, 0.1) is 6.26 Å². The molecule has 1 amide bonds. The first-order chi connectivity index (χ1) is 9.83. The molecule has 110 valence electrons. The van der Waals surface area contributed by atoms with Crippen LogP contribution in [-0.2, 0) is 0 Å². The fraction of sp³-hybridized carbons (Fsp3) is 0.667. The van der Waals surface area contributed by atoms with Crippen LogP contribution in [0.5, 0.6) is 0 Å². The Morgan fingerprint density at radius 2 is 2.00 bits per heavy atom. The second-order valence-corrected chi connectivity index (χ2v) is 5.76. The number of carbonyl (C=O) groups is 1. The third-order valence-corrected chi connectivity index (χ3v) is 4.36.